The number of hydrogen-bond donors (Lipinski definition) is 1. The summed E-state index contributed by atoms with van der Waals surface area (Å²) in [6, 6.07) is 18.4. The molecule has 1 fully saturated rings. The van der Waals surface area contributed by atoms with Gasteiger partial charge in [0.1, 0.15) is 0 Å². The van der Waals surface area contributed by atoms with Gasteiger partial charge in [0.15, 0.2) is 0 Å². The molecule has 1 aliphatic rings. The van der Waals surface area contributed by atoms with Crippen molar-refractivity contribution in [2.75, 3.05) is 44.6 Å². The van der Waals surface area contributed by atoms with Crippen LogP contribution in [0.25, 0.3) is 6.08 Å². The molecule has 0 aliphatic carbocycles. The van der Waals surface area contributed by atoms with E-state index in [1.54, 1.807) is 0 Å². The second kappa shape index (κ2) is 10.0. The number of para-hydroxylation sites is 1. The highest BCUT2D eigenvalue weighted by Crippen LogP contribution is 2.15. The first-order valence-electron chi connectivity index (χ1n) is 9.78. The van der Waals surface area contributed by atoms with Gasteiger partial charge in [-0.25, -0.2) is 0 Å². The SMILES string of the molecule is CCc1ccccc1NC(=O)CN1CCN(C/C=C/c2ccccc2)CC1. The zero-order valence-electron chi connectivity index (χ0n) is 16.1. The highest BCUT2D eigenvalue weighted by Gasteiger charge is 2.18. The van der Waals surface area contributed by atoms with Gasteiger partial charge in [0.2, 0.25) is 5.91 Å². The Morgan fingerprint density at radius 3 is 2.37 bits per heavy atom. The Balaban J connectivity index is 1.40. The van der Waals surface area contributed by atoms with Gasteiger partial charge >= 0.3 is 0 Å². The van der Waals surface area contributed by atoms with Gasteiger partial charge in [-0.15, -0.1) is 0 Å². The van der Waals surface area contributed by atoms with Crippen molar-refractivity contribution in [3.63, 3.8) is 0 Å². The first-order valence-corrected chi connectivity index (χ1v) is 9.78. The Hall–Kier alpha value is -2.43. The Morgan fingerprint density at radius 1 is 0.963 bits per heavy atom. The highest BCUT2D eigenvalue weighted by atomic mass is 16.2. The summed E-state index contributed by atoms with van der Waals surface area (Å²) in [5.74, 6) is 0.0772. The molecule has 142 valence electrons. The van der Waals surface area contributed by atoms with Gasteiger partial charge < -0.3 is 5.32 Å². The average molecular weight is 364 g/mol. The van der Waals surface area contributed by atoms with E-state index < -0.39 is 0 Å². The maximum absolute atomic E-state index is 12.4. The summed E-state index contributed by atoms with van der Waals surface area (Å²) in [7, 11) is 0. The Labute approximate surface area is 162 Å². The van der Waals surface area contributed by atoms with Crippen LogP contribution in [0.15, 0.2) is 60.7 Å². The van der Waals surface area contributed by atoms with E-state index in [0.717, 1.165) is 44.8 Å². The van der Waals surface area contributed by atoms with Crippen molar-refractivity contribution in [1.82, 2.24) is 9.80 Å². The molecule has 0 aromatic heterocycles. The third-order valence-corrected chi connectivity index (χ3v) is 4.98. The van der Waals surface area contributed by atoms with Crippen LogP contribution >= 0.6 is 0 Å². The fraction of sp³-hybridized carbons (Fsp3) is 0.348. The summed E-state index contributed by atoms with van der Waals surface area (Å²) in [5.41, 5.74) is 3.36. The van der Waals surface area contributed by atoms with Crippen LogP contribution in [0, 0.1) is 0 Å². The van der Waals surface area contributed by atoms with Gasteiger partial charge in [-0.2, -0.15) is 0 Å². The van der Waals surface area contributed by atoms with Crippen molar-refractivity contribution in [3.05, 3.63) is 71.8 Å². The van der Waals surface area contributed by atoms with Crippen LogP contribution in [0.5, 0.6) is 0 Å². The molecule has 0 saturated carbocycles. The lowest BCUT2D eigenvalue weighted by atomic mass is 10.1. The molecule has 0 unspecified atom stereocenters. The summed E-state index contributed by atoms with van der Waals surface area (Å²) in [6.07, 6.45) is 5.32. The van der Waals surface area contributed by atoms with E-state index in [1.165, 1.54) is 11.1 Å². The largest absolute Gasteiger partial charge is 0.325 e. The van der Waals surface area contributed by atoms with Crippen LogP contribution in [-0.4, -0.2) is 55.0 Å². The van der Waals surface area contributed by atoms with Crippen LogP contribution in [0.2, 0.25) is 0 Å². The van der Waals surface area contributed by atoms with Gasteiger partial charge in [0.05, 0.1) is 6.54 Å². The number of piperazine rings is 1. The van der Waals surface area contributed by atoms with Crippen LogP contribution < -0.4 is 5.32 Å². The van der Waals surface area contributed by atoms with E-state index in [1.807, 2.05) is 24.3 Å². The molecule has 0 atom stereocenters. The monoisotopic (exact) mass is 363 g/mol. The number of anilines is 1. The average Bonchev–Trinajstić information content (AvgIpc) is 2.70. The molecule has 2 aromatic carbocycles. The second-order valence-electron chi connectivity index (χ2n) is 6.95. The lowest BCUT2D eigenvalue weighted by Gasteiger charge is -2.33. The van der Waals surface area contributed by atoms with E-state index >= 15 is 0 Å². The fourth-order valence-electron chi connectivity index (χ4n) is 3.38. The number of hydrogen-bond acceptors (Lipinski definition) is 3. The topological polar surface area (TPSA) is 35.6 Å². The molecule has 1 amide bonds. The second-order valence-corrected chi connectivity index (χ2v) is 6.95. The molecule has 3 rings (SSSR count). The Kier molecular flexibility index (Phi) is 7.19. The number of benzene rings is 2. The van der Waals surface area contributed by atoms with E-state index in [9.17, 15) is 4.79 Å². The molecule has 0 radical (unpaired) electrons. The fourth-order valence-corrected chi connectivity index (χ4v) is 3.38. The third-order valence-electron chi connectivity index (χ3n) is 4.98. The zero-order valence-corrected chi connectivity index (χ0v) is 16.1. The predicted octanol–water partition coefficient (Wildman–Crippen LogP) is 3.52. The minimum atomic E-state index is 0.0772. The summed E-state index contributed by atoms with van der Waals surface area (Å²) < 4.78 is 0. The number of amides is 1. The predicted molar refractivity (Wildman–Crippen MR) is 113 cm³/mol. The maximum atomic E-state index is 12.4. The van der Waals surface area contributed by atoms with Gasteiger partial charge in [0, 0.05) is 38.4 Å². The molecule has 0 bridgehead atoms. The van der Waals surface area contributed by atoms with Gasteiger partial charge in [-0.05, 0) is 23.6 Å². The molecular formula is C23H29N3O. The smallest absolute Gasteiger partial charge is 0.238 e. The van der Waals surface area contributed by atoms with Crippen LogP contribution in [0.4, 0.5) is 5.69 Å². The quantitative estimate of drug-likeness (QED) is 0.818. The standard InChI is InChI=1S/C23H29N3O/c1-2-21-12-6-7-13-22(21)24-23(27)19-26-17-15-25(16-18-26)14-8-11-20-9-4-3-5-10-20/h3-13H,2,14-19H2,1H3,(H,24,27)/b11-8+. The van der Waals surface area contributed by atoms with Crippen molar-refractivity contribution in [2.24, 2.45) is 0 Å². The van der Waals surface area contributed by atoms with Crippen LogP contribution in [0.1, 0.15) is 18.1 Å². The Morgan fingerprint density at radius 2 is 1.63 bits per heavy atom. The lowest BCUT2D eigenvalue weighted by molar-refractivity contribution is -0.117. The number of aryl methyl sites for hydroxylation is 1. The molecule has 1 heterocycles. The van der Waals surface area contributed by atoms with Crippen molar-refractivity contribution in [2.45, 2.75) is 13.3 Å². The van der Waals surface area contributed by atoms with Crippen molar-refractivity contribution in [3.8, 4) is 0 Å². The molecular weight excluding hydrogens is 334 g/mol. The lowest BCUT2D eigenvalue weighted by Crippen LogP contribution is -2.48. The normalized spacial score (nSPS) is 15.9. The van der Waals surface area contributed by atoms with Crippen LogP contribution in [-0.2, 0) is 11.2 Å². The molecule has 4 nitrogen and oxygen atoms in total. The number of carbonyl (C=O) groups excluding carboxylic acids is 1. The van der Waals surface area contributed by atoms with E-state index in [-0.39, 0.29) is 5.91 Å². The van der Waals surface area contributed by atoms with Crippen molar-refractivity contribution in [1.29, 1.82) is 0 Å². The van der Waals surface area contributed by atoms with Gasteiger partial charge in [-0.1, -0.05) is 67.6 Å². The number of nitrogens with zero attached hydrogens (tertiary/aromatic N) is 2. The molecule has 0 spiro atoms. The molecule has 4 heteroatoms. The minimum absolute atomic E-state index is 0.0772. The molecule has 1 saturated heterocycles. The molecule has 1 aliphatic heterocycles. The summed E-state index contributed by atoms with van der Waals surface area (Å²) in [4.78, 5) is 17.0. The molecule has 27 heavy (non-hydrogen) atoms. The Bertz CT molecular complexity index is 749. The molecule has 2 aromatic rings. The number of nitrogens with one attached hydrogen (secondary N) is 1. The number of carbonyl (C=O) groups is 1. The minimum Gasteiger partial charge on any atom is -0.325 e. The summed E-state index contributed by atoms with van der Waals surface area (Å²) in [6.45, 7) is 7.39. The summed E-state index contributed by atoms with van der Waals surface area (Å²) >= 11 is 0. The van der Waals surface area contributed by atoms with Crippen molar-refractivity contribution < 1.29 is 4.79 Å². The highest BCUT2D eigenvalue weighted by molar-refractivity contribution is 5.93. The van der Waals surface area contributed by atoms with E-state index in [0.29, 0.717) is 6.54 Å². The number of rotatable bonds is 7. The molecule has 1 N–H and O–H groups in total. The van der Waals surface area contributed by atoms with Crippen LogP contribution in [0.3, 0.4) is 0 Å². The van der Waals surface area contributed by atoms with Gasteiger partial charge in [0.25, 0.3) is 0 Å². The van der Waals surface area contributed by atoms with Gasteiger partial charge in [-0.3, -0.25) is 14.6 Å². The maximum Gasteiger partial charge on any atom is 0.238 e. The first kappa shape index (κ1) is 19.3. The first-order chi connectivity index (χ1) is 13.2. The summed E-state index contributed by atoms with van der Waals surface area (Å²) in [5, 5.41) is 3.07. The van der Waals surface area contributed by atoms with Crippen molar-refractivity contribution >= 4 is 17.7 Å². The van der Waals surface area contributed by atoms with E-state index in [4.69, 9.17) is 0 Å². The zero-order chi connectivity index (χ0) is 18.9. The third kappa shape index (κ3) is 6.05. The van der Waals surface area contributed by atoms with E-state index in [2.05, 4.69) is 64.5 Å².